The number of carbonyl (C=O) groups is 1. The molecule has 0 atom stereocenters. The number of benzene rings is 2. The Labute approximate surface area is 148 Å². The number of hydrogen-bond acceptors (Lipinski definition) is 5. The lowest BCUT2D eigenvalue weighted by atomic mass is 10.1. The lowest BCUT2D eigenvalue weighted by Crippen LogP contribution is -2.14. The second kappa shape index (κ2) is 9.57. The Kier molecular flexibility index (Phi) is 7.14. The van der Waals surface area contributed by atoms with E-state index >= 15 is 0 Å². The Morgan fingerprint density at radius 3 is 2.44 bits per heavy atom. The van der Waals surface area contributed by atoms with Crippen molar-refractivity contribution in [3.63, 3.8) is 0 Å². The number of rotatable bonds is 9. The normalized spacial score (nSPS) is 10.2. The molecule has 0 saturated heterocycles. The molecule has 0 amide bonds. The summed E-state index contributed by atoms with van der Waals surface area (Å²) in [5, 5.41) is 0. The first kappa shape index (κ1) is 18.6. The minimum absolute atomic E-state index is 0.172. The fourth-order valence-electron chi connectivity index (χ4n) is 2.38. The molecule has 2 aromatic rings. The monoisotopic (exact) mass is 344 g/mol. The van der Waals surface area contributed by atoms with Gasteiger partial charge in [-0.25, -0.2) is 0 Å². The zero-order valence-electron chi connectivity index (χ0n) is 14.9. The van der Waals surface area contributed by atoms with E-state index < -0.39 is 0 Å². The zero-order chi connectivity index (χ0) is 18.1. The molecule has 0 aromatic heterocycles. The molecule has 0 saturated carbocycles. The number of hydrogen-bond donors (Lipinski definition) is 0. The van der Waals surface area contributed by atoms with Crippen molar-refractivity contribution < 1.29 is 23.7 Å². The Bertz CT molecular complexity index is 696. The molecule has 2 aromatic carbocycles. The molecular formula is C20H24O5. The highest BCUT2D eigenvalue weighted by atomic mass is 16.6. The van der Waals surface area contributed by atoms with Crippen LogP contribution >= 0.6 is 0 Å². The molecule has 5 nitrogen and oxygen atoms in total. The van der Waals surface area contributed by atoms with E-state index in [9.17, 15) is 4.79 Å². The number of aryl methyl sites for hydroxylation is 1. The molecule has 0 fully saturated rings. The van der Waals surface area contributed by atoms with E-state index in [-0.39, 0.29) is 19.0 Å². The van der Waals surface area contributed by atoms with Crippen LogP contribution in [0.15, 0.2) is 42.5 Å². The second-order valence-corrected chi connectivity index (χ2v) is 5.44. The van der Waals surface area contributed by atoms with Crippen LogP contribution in [0.25, 0.3) is 0 Å². The maximum Gasteiger partial charge on any atom is 0.310 e. The summed E-state index contributed by atoms with van der Waals surface area (Å²) in [7, 11) is 3.13. The van der Waals surface area contributed by atoms with Crippen LogP contribution < -0.4 is 14.2 Å². The van der Waals surface area contributed by atoms with Crippen LogP contribution in [-0.4, -0.2) is 33.4 Å². The molecule has 5 heteroatoms. The van der Waals surface area contributed by atoms with E-state index in [0.717, 1.165) is 17.7 Å². The quantitative estimate of drug-likeness (QED) is 0.515. The van der Waals surface area contributed by atoms with Gasteiger partial charge in [0.2, 0.25) is 0 Å². The highest BCUT2D eigenvalue weighted by Crippen LogP contribution is 2.27. The molecule has 0 N–H and O–H groups in total. The van der Waals surface area contributed by atoms with Crippen LogP contribution in [0.2, 0.25) is 0 Å². The molecule has 134 valence electrons. The largest absolute Gasteiger partial charge is 0.493 e. The van der Waals surface area contributed by atoms with Gasteiger partial charge in [0.25, 0.3) is 0 Å². The molecular weight excluding hydrogens is 320 g/mol. The van der Waals surface area contributed by atoms with Crippen LogP contribution in [0.4, 0.5) is 0 Å². The Morgan fingerprint density at radius 1 is 0.920 bits per heavy atom. The van der Waals surface area contributed by atoms with Gasteiger partial charge in [-0.05, 0) is 41.8 Å². The molecule has 0 aliphatic rings. The van der Waals surface area contributed by atoms with Crippen molar-refractivity contribution in [3.8, 4) is 17.2 Å². The Hall–Kier alpha value is -2.69. The molecule has 0 bridgehead atoms. The van der Waals surface area contributed by atoms with E-state index in [1.54, 1.807) is 26.4 Å². The summed E-state index contributed by atoms with van der Waals surface area (Å²) < 4.78 is 21.2. The van der Waals surface area contributed by atoms with Crippen molar-refractivity contribution >= 4 is 5.97 Å². The van der Waals surface area contributed by atoms with Gasteiger partial charge in [0.1, 0.15) is 19.0 Å². The summed E-state index contributed by atoms with van der Waals surface area (Å²) in [5.74, 6) is 1.70. The molecule has 0 spiro atoms. The average molecular weight is 344 g/mol. The number of ether oxygens (including phenoxy) is 4. The van der Waals surface area contributed by atoms with E-state index in [1.165, 1.54) is 5.56 Å². The first-order valence-corrected chi connectivity index (χ1v) is 8.24. The Balaban J connectivity index is 1.77. The summed E-state index contributed by atoms with van der Waals surface area (Å²) in [6, 6.07) is 13.2. The van der Waals surface area contributed by atoms with Gasteiger partial charge in [0, 0.05) is 0 Å². The summed E-state index contributed by atoms with van der Waals surface area (Å²) in [6.07, 6.45) is 1.13. The Morgan fingerprint density at radius 2 is 1.72 bits per heavy atom. The summed E-state index contributed by atoms with van der Waals surface area (Å²) >= 11 is 0. The maximum absolute atomic E-state index is 11.9. The van der Waals surface area contributed by atoms with Crippen LogP contribution in [-0.2, 0) is 22.4 Å². The van der Waals surface area contributed by atoms with Gasteiger partial charge >= 0.3 is 5.97 Å². The van der Waals surface area contributed by atoms with E-state index in [0.29, 0.717) is 18.1 Å². The molecule has 0 aliphatic carbocycles. The van der Waals surface area contributed by atoms with Gasteiger partial charge in [0.05, 0.1) is 20.6 Å². The summed E-state index contributed by atoms with van der Waals surface area (Å²) in [6.45, 7) is 2.63. The minimum Gasteiger partial charge on any atom is -0.493 e. The molecule has 2 rings (SSSR count). The van der Waals surface area contributed by atoms with Crippen LogP contribution in [0.1, 0.15) is 18.1 Å². The number of carbonyl (C=O) groups excluding carboxylic acids is 1. The minimum atomic E-state index is -0.307. The molecule has 25 heavy (non-hydrogen) atoms. The first-order valence-electron chi connectivity index (χ1n) is 8.24. The van der Waals surface area contributed by atoms with Crippen molar-refractivity contribution in [1.82, 2.24) is 0 Å². The van der Waals surface area contributed by atoms with Crippen molar-refractivity contribution in [1.29, 1.82) is 0 Å². The predicted molar refractivity (Wildman–Crippen MR) is 95.5 cm³/mol. The van der Waals surface area contributed by atoms with Gasteiger partial charge in [-0.3, -0.25) is 4.79 Å². The molecule has 0 heterocycles. The van der Waals surface area contributed by atoms with Gasteiger partial charge in [0.15, 0.2) is 11.5 Å². The first-order chi connectivity index (χ1) is 12.2. The van der Waals surface area contributed by atoms with Crippen LogP contribution in [0.3, 0.4) is 0 Å². The highest BCUT2D eigenvalue weighted by Gasteiger charge is 2.09. The van der Waals surface area contributed by atoms with Gasteiger partial charge in [-0.1, -0.05) is 25.1 Å². The molecule has 0 radical (unpaired) electrons. The number of esters is 1. The maximum atomic E-state index is 11.9. The highest BCUT2D eigenvalue weighted by molar-refractivity contribution is 5.73. The fourth-order valence-corrected chi connectivity index (χ4v) is 2.38. The fraction of sp³-hybridized carbons (Fsp3) is 0.350. The van der Waals surface area contributed by atoms with Crippen LogP contribution in [0, 0.1) is 0 Å². The van der Waals surface area contributed by atoms with Crippen LogP contribution in [0.5, 0.6) is 17.2 Å². The second-order valence-electron chi connectivity index (χ2n) is 5.44. The van der Waals surface area contributed by atoms with E-state index in [1.807, 2.05) is 24.3 Å². The smallest absolute Gasteiger partial charge is 0.310 e. The molecule has 0 unspecified atom stereocenters. The van der Waals surface area contributed by atoms with Crippen molar-refractivity contribution in [2.45, 2.75) is 19.8 Å². The third-order valence-electron chi connectivity index (χ3n) is 3.72. The van der Waals surface area contributed by atoms with Crippen molar-refractivity contribution in [2.75, 3.05) is 27.4 Å². The molecule has 0 aliphatic heterocycles. The average Bonchev–Trinajstić information content (AvgIpc) is 2.65. The summed E-state index contributed by atoms with van der Waals surface area (Å²) in [4.78, 5) is 11.9. The topological polar surface area (TPSA) is 54.0 Å². The van der Waals surface area contributed by atoms with Gasteiger partial charge < -0.3 is 18.9 Å². The standard InChI is InChI=1S/C20H24O5/c1-4-15-6-5-7-17(12-15)24-10-11-25-20(21)14-16-8-9-18(22-2)19(13-16)23-3/h5-9,12-13H,4,10-11,14H2,1-3H3. The van der Waals surface area contributed by atoms with Crippen molar-refractivity contribution in [2.24, 2.45) is 0 Å². The third-order valence-corrected chi connectivity index (χ3v) is 3.72. The van der Waals surface area contributed by atoms with E-state index in [2.05, 4.69) is 13.0 Å². The van der Waals surface area contributed by atoms with Crippen molar-refractivity contribution in [3.05, 3.63) is 53.6 Å². The zero-order valence-corrected chi connectivity index (χ0v) is 14.9. The SMILES string of the molecule is CCc1cccc(OCCOC(=O)Cc2ccc(OC)c(OC)c2)c1. The summed E-state index contributed by atoms with van der Waals surface area (Å²) in [5.41, 5.74) is 2.02. The third kappa shape index (κ3) is 5.71. The number of methoxy groups -OCH3 is 2. The van der Waals surface area contributed by atoms with Gasteiger partial charge in [-0.2, -0.15) is 0 Å². The predicted octanol–water partition coefficient (Wildman–Crippen LogP) is 3.43. The van der Waals surface area contributed by atoms with Gasteiger partial charge in [-0.15, -0.1) is 0 Å². The van der Waals surface area contributed by atoms with E-state index in [4.69, 9.17) is 18.9 Å². The lowest BCUT2D eigenvalue weighted by molar-refractivity contribution is -0.143. The lowest BCUT2D eigenvalue weighted by Gasteiger charge is -2.10.